The number of pyridine rings is 1. The van der Waals surface area contributed by atoms with E-state index in [1.807, 2.05) is 37.3 Å². The molecule has 0 spiro atoms. The van der Waals surface area contributed by atoms with Crippen molar-refractivity contribution in [3.8, 4) is 0 Å². The van der Waals surface area contributed by atoms with Crippen LogP contribution in [0.1, 0.15) is 40.7 Å². The minimum absolute atomic E-state index is 0.0230. The highest BCUT2D eigenvalue weighted by Crippen LogP contribution is 2.24. The summed E-state index contributed by atoms with van der Waals surface area (Å²) in [6, 6.07) is 19.3. The lowest BCUT2D eigenvalue weighted by atomic mass is 9.93. The third-order valence-corrected chi connectivity index (χ3v) is 5.59. The number of Topliss-reactive ketones (excluding diaryl/α,β-unsaturated/α-hetero) is 1. The molecule has 0 saturated carbocycles. The van der Waals surface area contributed by atoms with Gasteiger partial charge in [0.1, 0.15) is 11.6 Å². The first-order chi connectivity index (χ1) is 15.0. The van der Waals surface area contributed by atoms with Crippen LogP contribution in [0.3, 0.4) is 0 Å². The fraction of sp³-hybridized carbons (Fsp3) is 0.240. The third kappa shape index (κ3) is 4.79. The second kappa shape index (κ2) is 9.08. The lowest BCUT2D eigenvalue weighted by Crippen LogP contribution is -2.32. The van der Waals surface area contributed by atoms with Crippen molar-refractivity contribution in [3.05, 3.63) is 95.4 Å². The summed E-state index contributed by atoms with van der Waals surface area (Å²) in [7, 11) is 0. The van der Waals surface area contributed by atoms with Crippen LogP contribution in [0.4, 0.5) is 15.0 Å². The highest BCUT2D eigenvalue weighted by Gasteiger charge is 2.30. The van der Waals surface area contributed by atoms with Gasteiger partial charge in [0.15, 0.2) is 5.78 Å². The van der Waals surface area contributed by atoms with Crippen molar-refractivity contribution in [2.24, 2.45) is 0 Å². The number of amides is 2. The Morgan fingerprint density at radius 1 is 1.06 bits per heavy atom. The lowest BCUT2D eigenvalue weighted by Gasteiger charge is -2.18. The molecule has 1 aliphatic heterocycles. The Labute approximate surface area is 181 Å². The summed E-state index contributed by atoms with van der Waals surface area (Å²) in [6.07, 6.45) is 1.96. The predicted octanol–water partition coefficient (Wildman–Crippen LogP) is 5.04. The van der Waals surface area contributed by atoms with Crippen LogP contribution in [0.5, 0.6) is 0 Å². The van der Waals surface area contributed by atoms with Crippen LogP contribution in [0.15, 0.2) is 72.9 Å². The van der Waals surface area contributed by atoms with Gasteiger partial charge in [0.2, 0.25) is 0 Å². The zero-order valence-electron chi connectivity index (χ0n) is 17.4. The molecule has 1 aliphatic rings. The number of nitrogens with zero attached hydrogens (tertiary/aromatic N) is 3. The summed E-state index contributed by atoms with van der Waals surface area (Å²) in [4.78, 5) is 33.3. The van der Waals surface area contributed by atoms with Crippen LogP contribution in [-0.2, 0) is 6.54 Å². The lowest BCUT2D eigenvalue weighted by molar-refractivity contribution is 0.0975. The zero-order valence-corrected chi connectivity index (χ0v) is 17.4. The molecule has 0 bridgehead atoms. The standard InChI is InChI=1S/C25H24FN3O2/c1-18(20-5-3-2-4-6-20)15-23(30)21-11-12-27-24(16-21)29-14-13-28(25(29)31)17-19-7-9-22(26)10-8-19/h2-12,16,18H,13-15,17H2,1H3. The van der Waals surface area contributed by atoms with Gasteiger partial charge in [-0.05, 0) is 41.3 Å². The number of hydrogen-bond acceptors (Lipinski definition) is 3. The van der Waals surface area contributed by atoms with Crippen molar-refractivity contribution < 1.29 is 14.0 Å². The molecule has 3 aromatic rings. The molecule has 0 N–H and O–H groups in total. The Kier molecular flexibility index (Phi) is 6.07. The van der Waals surface area contributed by atoms with E-state index in [0.717, 1.165) is 11.1 Å². The quantitative estimate of drug-likeness (QED) is 0.506. The van der Waals surface area contributed by atoms with Crippen LogP contribution in [0, 0.1) is 5.82 Å². The first kappa shape index (κ1) is 20.7. The second-order valence-electron chi connectivity index (χ2n) is 7.82. The van der Waals surface area contributed by atoms with Gasteiger partial charge >= 0.3 is 6.03 Å². The first-order valence-corrected chi connectivity index (χ1v) is 10.4. The molecule has 2 amide bonds. The molecule has 6 heteroatoms. The number of rotatable bonds is 7. The van der Waals surface area contributed by atoms with Gasteiger partial charge in [-0.25, -0.2) is 14.2 Å². The summed E-state index contributed by atoms with van der Waals surface area (Å²) in [5.41, 5.74) is 2.54. The minimum atomic E-state index is -0.301. The number of carbonyl (C=O) groups excluding carboxylic acids is 2. The number of aromatic nitrogens is 1. The molecular formula is C25H24FN3O2. The number of carbonyl (C=O) groups is 2. The Morgan fingerprint density at radius 2 is 1.81 bits per heavy atom. The second-order valence-corrected chi connectivity index (χ2v) is 7.82. The van der Waals surface area contributed by atoms with Crippen molar-refractivity contribution >= 4 is 17.6 Å². The number of ketones is 1. The maximum atomic E-state index is 13.1. The van der Waals surface area contributed by atoms with Gasteiger partial charge in [0.25, 0.3) is 0 Å². The number of urea groups is 1. The molecule has 1 atom stereocenters. The Morgan fingerprint density at radius 3 is 2.55 bits per heavy atom. The SMILES string of the molecule is CC(CC(=O)c1ccnc(N2CCN(Cc3ccc(F)cc3)C2=O)c1)c1ccccc1. The van der Waals surface area contributed by atoms with Gasteiger partial charge in [-0.1, -0.05) is 49.4 Å². The van der Waals surface area contributed by atoms with Crippen molar-refractivity contribution in [1.82, 2.24) is 9.88 Å². The number of halogens is 1. The highest BCUT2D eigenvalue weighted by molar-refractivity contribution is 5.99. The summed E-state index contributed by atoms with van der Waals surface area (Å²) in [5, 5.41) is 0. The molecule has 31 heavy (non-hydrogen) atoms. The molecule has 2 heterocycles. The van der Waals surface area contributed by atoms with Crippen LogP contribution < -0.4 is 4.90 Å². The smallest absolute Gasteiger partial charge is 0.318 e. The van der Waals surface area contributed by atoms with Gasteiger partial charge in [-0.3, -0.25) is 9.69 Å². The van der Waals surface area contributed by atoms with E-state index in [9.17, 15) is 14.0 Å². The summed E-state index contributed by atoms with van der Waals surface area (Å²) < 4.78 is 13.1. The van der Waals surface area contributed by atoms with Gasteiger partial charge in [0, 0.05) is 37.8 Å². The Bertz CT molecular complexity index is 1070. The highest BCUT2D eigenvalue weighted by atomic mass is 19.1. The third-order valence-electron chi connectivity index (χ3n) is 5.59. The molecule has 5 nitrogen and oxygen atoms in total. The average molecular weight is 417 g/mol. The van der Waals surface area contributed by atoms with Gasteiger partial charge in [0.05, 0.1) is 0 Å². The van der Waals surface area contributed by atoms with Crippen molar-refractivity contribution in [1.29, 1.82) is 0 Å². The normalized spacial score (nSPS) is 14.7. The Hall–Kier alpha value is -3.54. The van der Waals surface area contributed by atoms with Crippen LogP contribution in [0.2, 0.25) is 0 Å². The maximum absolute atomic E-state index is 13.1. The molecule has 1 fully saturated rings. The molecule has 1 aromatic heterocycles. The van der Waals surface area contributed by atoms with Gasteiger partial charge in [-0.2, -0.15) is 0 Å². The van der Waals surface area contributed by atoms with E-state index in [0.29, 0.717) is 37.4 Å². The molecule has 4 rings (SSSR count). The zero-order chi connectivity index (χ0) is 21.8. The number of benzene rings is 2. The fourth-order valence-electron chi connectivity index (χ4n) is 3.79. The first-order valence-electron chi connectivity index (χ1n) is 10.4. The van der Waals surface area contributed by atoms with Crippen LogP contribution in [-0.4, -0.2) is 34.8 Å². The molecule has 1 saturated heterocycles. The van der Waals surface area contributed by atoms with E-state index < -0.39 is 0 Å². The molecule has 0 radical (unpaired) electrons. The molecule has 1 unspecified atom stereocenters. The van der Waals surface area contributed by atoms with E-state index in [2.05, 4.69) is 4.98 Å². The van der Waals surface area contributed by atoms with E-state index in [4.69, 9.17) is 0 Å². The van der Waals surface area contributed by atoms with E-state index >= 15 is 0 Å². The summed E-state index contributed by atoms with van der Waals surface area (Å²) in [6.45, 7) is 3.47. The minimum Gasteiger partial charge on any atom is -0.318 e. The molecule has 158 valence electrons. The fourth-order valence-corrected chi connectivity index (χ4v) is 3.79. The predicted molar refractivity (Wildman–Crippen MR) is 118 cm³/mol. The maximum Gasteiger partial charge on any atom is 0.326 e. The molecular weight excluding hydrogens is 393 g/mol. The largest absolute Gasteiger partial charge is 0.326 e. The number of anilines is 1. The van der Waals surface area contributed by atoms with Gasteiger partial charge in [-0.15, -0.1) is 0 Å². The van der Waals surface area contributed by atoms with E-state index in [1.54, 1.807) is 40.3 Å². The van der Waals surface area contributed by atoms with Gasteiger partial charge < -0.3 is 4.90 Å². The van der Waals surface area contributed by atoms with Crippen LogP contribution in [0.25, 0.3) is 0 Å². The molecule has 2 aromatic carbocycles. The molecule has 0 aliphatic carbocycles. The number of hydrogen-bond donors (Lipinski definition) is 0. The van der Waals surface area contributed by atoms with Crippen molar-refractivity contribution in [2.75, 3.05) is 18.0 Å². The average Bonchev–Trinajstić information content (AvgIpc) is 3.16. The summed E-state index contributed by atoms with van der Waals surface area (Å²) in [5.74, 6) is 0.301. The topological polar surface area (TPSA) is 53.5 Å². The summed E-state index contributed by atoms with van der Waals surface area (Å²) >= 11 is 0. The van der Waals surface area contributed by atoms with Crippen molar-refractivity contribution in [2.45, 2.75) is 25.8 Å². The van der Waals surface area contributed by atoms with Crippen LogP contribution >= 0.6 is 0 Å². The van der Waals surface area contributed by atoms with E-state index in [1.165, 1.54) is 12.1 Å². The van der Waals surface area contributed by atoms with Crippen molar-refractivity contribution in [3.63, 3.8) is 0 Å². The monoisotopic (exact) mass is 417 g/mol. The van der Waals surface area contributed by atoms with E-state index in [-0.39, 0.29) is 23.5 Å². The Balaban J connectivity index is 1.43.